The van der Waals surface area contributed by atoms with Crippen LogP contribution in [0.25, 0.3) is 0 Å². The number of rotatable bonds is 8. The summed E-state index contributed by atoms with van der Waals surface area (Å²) in [6.07, 6.45) is 0. The first-order valence-electron chi connectivity index (χ1n) is 8.24. The third kappa shape index (κ3) is 5.14. The first-order chi connectivity index (χ1) is 12.8. The van der Waals surface area contributed by atoms with Gasteiger partial charge in [0.25, 0.3) is 0 Å². The van der Waals surface area contributed by atoms with Crippen LogP contribution in [0.5, 0.6) is 0 Å². The predicted octanol–water partition coefficient (Wildman–Crippen LogP) is 4.55. The second-order valence-electron chi connectivity index (χ2n) is 5.35. The Bertz CT molecular complexity index is 825. The molecule has 0 saturated heterocycles. The zero-order chi connectivity index (χ0) is 18.2. The number of nitrogens with one attached hydrogen (secondary N) is 1. The molecule has 0 unspecified atom stereocenters. The van der Waals surface area contributed by atoms with Crippen LogP contribution in [0.15, 0.2) is 65.6 Å². The molecule has 0 aliphatic heterocycles. The molecule has 0 aliphatic rings. The van der Waals surface area contributed by atoms with E-state index in [2.05, 4.69) is 15.5 Å². The number of anilines is 1. The summed E-state index contributed by atoms with van der Waals surface area (Å²) in [7, 11) is 0. The fourth-order valence-corrected chi connectivity index (χ4v) is 3.98. The second-order valence-corrected chi connectivity index (χ2v) is 7.59. The summed E-state index contributed by atoms with van der Waals surface area (Å²) in [5.74, 6) is -0.121. The molecule has 0 saturated carbocycles. The quantitative estimate of drug-likeness (QED) is 0.577. The van der Waals surface area contributed by atoms with Crippen LogP contribution in [0, 0.1) is 0 Å². The van der Waals surface area contributed by atoms with Crippen LogP contribution in [-0.2, 0) is 16.1 Å². The normalized spacial score (nSPS) is 11.9. The molecule has 0 spiro atoms. The van der Waals surface area contributed by atoms with Crippen LogP contribution in [0.4, 0.5) is 5.13 Å². The number of aromatic nitrogens is 2. The Morgan fingerprint density at radius 3 is 2.50 bits per heavy atom. The summed E-state index contributed by atoms with van der Waals surface area (Å²) in [5.41, 5.74) is 0.943. The van der Waals surface area contributed by atoms with Gasteiger partial charge >= 0.3 is 0 Å². The van der Waals surface area contributed by atoms with Crippen molar-refractivity contribution < 1.29 is 9.53 Å². The van der Waals surface area contributed by atoms with Gasteiger partial charge in [-0.05, 0) is 24.6 Å². The smallest absolute Gasteiger partial charge is 0.244 e. The van der Waals surface area contributed by atoms with E-state index in [4.69, 9.17) is 4.74 Å². The Hall–Kier alpha value is -2.22. The third-order valence-corrected chi connectivity index (χ3v) is 5.54. The van der Waals surface area contributed by atoms with Crippen LogP contribution in [0.3, 0.4) is 0 Å². The molecule has 0 fully saturated rings. The SMILES string of the molecule is CCOCc1nnc(NC(=O)[C@H](Sc2ccccc2)c2ccccc2)s1. The van der Waals surface area contributed by atoms with Gasteiger partial charge in [0.1, 0.15) is 16.9 Å². The Morgan fingerprint density at radius 1 is 1.12 bits per heavy atom. The van der Waals surface area contributed by atoms with Crippen molar-refractivity contribution in [1.29, 1.82) is 0 Å². The second kappa shape index (κ2) is 9.47. The van der Waals surface area contributed by atoms with E-state index in [1.807, 2.05) is 67.6 Å². The Kier molecular flexibility index (Phi) is 6.76. The highest BCUT2D eigenvalue weighted by molar-refractivity contribution is 8.00. The molecule has 26 heavy (non-hydrogen) atoms. The average molecular weight is 386 g/mol. The molecule has 7 heteroatoms. The minimum absolute atomic E-state index is 0.121. The Balaban J connectivity index is 1.75. The van der Waals surface area contributed by atoms with Crippen molar-refractivity contribution in [1.82, 2.24) is 10.2 Å². The van der Waals surface area contributed by atoms with E-state index in [0.717, 1.165) is 15.5 Å². The largest absolute Gasteiger partial charge is 0.374 e. The molecule has 1 amide bonds. The van der Waals surface area contributed by atoms with Gasteiger partial charge in [0.2, 0.25) is 11.0 Å². The number of amides is 1. The molecule has 3 aromatic rings. The number of hydrogen-bond acceptors (Lipinski definition) is 6. The minimum atomic E-state index is -0.377. The van der Waals surface area contributed by atoms with Gasteiger partial charge < -0.3 is 4.74 Å². The van der Waals surface area contributed by atoms with Crippen LogP contribution in [0.2, 0.25) is 0 Å². The first kappa shape index (κ1) is 18.6. The van der Waals surface area contributed by atoms with Gasteiger partial charge in [-0.25, -0.2) is 0 Å². The zero-order valence-electron chi connectivity index (χ0n) is 14.3. The van der Waals surface area contributed by atoms with Crippen LogP contribution in [0.1, 0.15) is 22.7 Å². The maximum absolute atomic E-state index is 12.9. The lowest BCUT2D eigenvalue weighted by Gasteiger charge is -2.16. The highest BCUT2D eigenvalue weighted by atomic mass is 32.2. The molecule has 1 aromatic heterocycles. The van der Waals surface area contributed by atoms with E-state index in [9.17, 15) is 4.79 Å². The number of carbonyl (C=O) groups excluding carboxylic acids is 1. The molecule has 0 bridgehead atoms. The molecule has 134 valence electrons. The van der Waals surface area contributed by atoms with Crippen molar-refractivity contribution in [2.75, 3.05) is 11.9 Å². The molecule has 5 nitrogen and oxygen atoms in total. The molecular weight excluding hydrogens is 366 g/mol. The van der Waals surface area contributed by atoms with E-state index in [-0.39, 0.29) is 11.2 Å². The van der Waals surface area contributed by atoms with Crippen LogP contribution >= 0.6 is 23.1 Å². The minimum Gasteiger partial charge on any atom is -0.374 e. The van der Waals surface area contributed by atoms with E-state index in [1.54, 1.807) is 0 Å². The first-order valence-corrected chi connectivity index (χ1v) is 9.93. The number of carbonyl (C=O) groups is 1. The number of hydrogen-bond donors (Lipinski definition) is 1. The van der Waals surface area contributed by atoms with Crippen LogP contribution < -0.4 is 5.32 Å². The lowest BCUT2D eigenvalue weighted by Crippen LogP contribution is -2.18. The topological polar surface area (TPSA) is 64.1 Å². The Labute approximate surface area is 160 Å². The van der Waals surface area contributed by atoms with E-state index in [0.29, 0.717) is 18.3 Å². The van der Waals surface area contributed by atoms with Crippen molar-refractivity contribution in [3.05, 3.63) is 71.2 Å². The molecule has 3 rings (SSSR count). The van der Waals surface area contributed by atoms with Crippen molar-refractivity contribution in [2.24, 2.45) is 0 Å². The number of benzene rings is 2. The summed E-state index contributed by atoms with van der Waals surface area (Å²) in [6.45, 7) is 2.95. The molecule has 0 aliphatic carbocycles. The monoisotopic (exact) mass is 385 g/mol. The fraction of sp³-hybridized carbons (Fsp3) is 0.211. The van der Waals surface area contributed by atoms with Gasteiger partial charge in [0.05, 0.1) is 0 Å². The van der Waals surface area contributed by atoms with Crippen molar-refractivity contribution in [3.63, 3.8) is 0 Å². The van der Waals surface area contributed by atoms with Gasteiger partial charge in [-0.15, -0.1) is 22.0 Å². The van der Waals surface area contributed by atoms with Gasteiger partial charge in [-0.1, -0.05) is 59.9 Å². The summed E-state index contributed by atoms with van der Waals surface area (Å²) in [5, 5.41) is 11.8. The summed E-state index contributed by atoms with van der Waals surface area (Å²) < 4.78 is 5.32. The van der Waals surface area contributed by atoms with Gasteiger partial charge in [-0.2, -0.15) is 0 Å². The van der Waals surface area contributed by atoms with Crippen molar-refractivity contribution in [3.8, 4) is 0 Å². The summed E-state index contributed by atoms with van der Waals surface area (Å²) >= 11 is 2.84. The lowest BCUT2D eigenvalue weighted by molar-refractivity contribution is -0.115. The number of ether oxygens (including phenoxy) is 1. The fourth-order valence-electron chi connectivity index (χ4n) is 2.26. The molecule has 1 atom stereocenters. The predicted molar refractivity (Wildman–Crippen MR) is 105 cm³/mol. The van der Waals surface area contributed by atoms with E-state index in [1.165, 1.54) is 23.1 Å². The van der Waals surface area contributed by atoms with E-state index < -0.39 is 0 Å². The maximum Gasteiger partial charge on any atom is 0.244 e. The lowest BCUT2D eigenvalue weighted by atomic mass is 10.1. The van der Waals surface area contributed by atoms with Gasteiger partial charge in [-0.3, -0.25) is 10.1 Å². The third-order valence-electron chi connectivity index (χ3n) is 3.46. The average Bonchev–Trinajstić information content (AvgIpc) is 3.13. The molecule has 1 heterocycles. The number of nitrogens with zero attached hydrogens (tertiary/aromatic N) is 2. The summed E-state index contributed by atoms with van der Waals surface area (Å²) in [6, 6.07) is 19.6. The van der Waals surface area contributed by atoms with Gasteiger partial charge in [0.15, 0.2) is 0 Å². The van der Waals surface area contributed by atoms with Crippen molar-refractivity contribution >= 4 is 34.1 Å². The van der Waals surface area contributed by atoms with Crippen molar-refractivity contribution in [2.45, 2.75) is 23.7 Å². The summed E-state index contributed by atoms with van der Waals surface area (Å²) in [4.78, 5) is 13.9. The van der Waals surface area contributed by atoms with E-state index >= 15 is 0 Å². The maximum atomic E-state index is 12.9. The number of thioether (sulfide) groups is 1. The zero-order valence-corrected chi connectivity index (χ0v) is 15.9. The molecule has 2 aromatic carbocycles. The Morgan fingerprint density at radius 2 is 1.81 bits per heavy atom. The molecular formula is C19H19N3O2S2. The molecule has 0 radical (unpaired) electrons. The van der Waals surface area contributed by atoms with Crippen LogP contribution in [-0.4, -0.2) is 22.7 Å². The van der Waals surface area contributed by atoms with Gasteiger partial charge in [0, 0.05) is 11.5 Å². The highest BCUT2D eigenvalue weighted by Crippen LogP contribution is 2.36. The molecule has 1 N–H and O–H groups in total. The standard InChI is InChI=1S/C19H19N3O2S2/c1-2-24-13-16-21-22-19(26-16)20-18(23)17(14-9-5-3-6-10-14)25-15-11-7-4-8-12-15/h3-12,17H,2,13H2,1H3,(H,20,22,23)/t17-/m1/s1. The highest BCUT2D eigenvalue weighted by Gasteiger charge is 2.23.